The zero-order valence-corrected chi connectivity index (χ0v) is 12.4. The van der Waals surface area contributed by atoms with Crippen LogP contribution in [0.5, 0.6) is 0 Å². The Bertz CT molecular complexity index is 894. The van der Waals surface area contributed by atoms with Gasteiger partial charge in [0.15, 0.2) is 0 Å². The fourth-order valence-electron chi connectivity index (χ4n) is 2.44. The van der Waals surface area contributed by atoms with Crippen molar-refractivity contribution < 1.29 is 4.79 Å². The fraction of sp³-hybridized carbons (Fsp3) is 0.188. The number of nitrogens with zero attached hydrogens (tertiary/aromatic N) is 3. The van der Waals surface area contributed by atoms with E-state index in [0.717, 1.165) is 16.6 Å². The van der Waals surface area contributed by atoms with Crippen molar-refractivity contribution in [1.29, 1.82) is 0 Å². The molecule has 0 saturated heterocycles. The van der Waals surface area contributed by atoms with Crippen molar-refractivity contribution >= 4 is 16.9 Å². The van der Waals surface area contributed by atoms with Crippen molar-refractivity contribution in [3.8, 4) is 0 Å². The summed E-state index contributed by atoms with van der Waals surface area (Å²) in [7, 11) is 3.41. The lowest BCUT2D eigenvalue weighted by atomic mass is 10.1. The van der Waals surface area contributed by atoms with Crippen LogP contribution < -0.4 is 11.0 Å². The van der Waals surface area contributed by atoms with Gasteiger partial charge >= 0.3 is 5.69 Å². The zero-order valence-electron chi connectivity index (χ0n) is 12.4. The van der Waals surface area contributed by atoms with Gasteiger partial charge in [0.1, 0.15) is 0 Å². The van der Waals surface area contributed by atoms with Gasteiger partial charge in [0.2, 0.25) is 0 Å². The van der Waals surface area contributed by atoms with Crippen LogP contribution in [-0.4, -0.2) is 20.0 Å². The number of pyridine rings is 1. The summed E-state index contributed by atoms with van der Waals surface area (Å²) < 4.78 is 3.10. The standard InChI is InChI=1S/C16H16N4O2/c1-19-13-6-5-12(8-14(13)20(2)16(19)22)15(21)18-10-11-4-3-7-17-9-11/h3-9H,10H2,1-2H3,(H,18,21). The molecule has 0 bridgehead atoms. The van der Waals surface area contributed by atoms with E-state index < -0.39 is 0 Å². The third-order valence-corrected chi connectivity index (χ3v) is 3.71. The van der Waals surface area contributed by atoms with Crippen molar-refractivity contribution in [2.45, 2.75) is 6.54 Å². The van der Waals surface area contributed by atoms with E-state index in [1.165, 1.54) is 4.57 Å². The first kappa shape index (κ1) is 14.1. The molecule has 6 nitrogen and oxygen atoms in total. The molecule has 3 aromatic rings. The van der Waals surface area contributed by atoms with Gasteiger partial charge in [0.25, 0.3) is 5.91 Å². The van der Waals surface area contributed by atoms with E-state index in [4.69, 9.17) is 0 Å². The molecule has 0 aliphatic carbocycles. The van der Waals surface area contributed by atoms with Gasteiger partial charge in [0.05, 0.1) is 11.0 Å². The van der Waals surface area contributed by atoms with Crippen molar-refractivity contribution in [3.63, 3.8) is 0 Å². The van der Waals surface area contributed by atoms with Gasteiger partial charge in [-0.15, -0.1) is 0 Å². The lowest BCUT2D eigenvalue weighted by Gasteiger charge is -2.05. The third-order valence-electron chi connectivity index (χ3n) is 3.71. The van der Waals surface area contributed by atoms with Gasteiger partial charge in [-0.05, 0) is 29.8 Å². The SMILES string of the molecule is Cn1c(=O)n(C)c2cc(C(=O)NCc3cccnc3)ccc21. The molecule has 112 valence electrons. The summed E-state index contributed by atoms with van der Waals surface area (Å²) in [5.74, 6) is -0.179. The zero-order chi connectivity index (χ0) is 15.7. The van der Waals surface area contributed by atoms with Gasteiger partial charge in [-0.3, -0.25) is 18.9 Å². The summed E-state index contributed by atoms with van der Waals surface area (Å²) in [5, 5.41) is 2.85. The monoisotopic (exact) mass is 296 g/mol. The predicted molar refractivity (Wildman–Crippen MR) is 83.6 cm³/mol. The van der Waals surface area contributed by atoms with Gasteiger partial charge < -0.3 is 5.32 Å². The molecule has 0 fully saturated rings. The Morgan fingerprint density at radius 1 is 1.18 bits per heavy atom. The van der Waals surface area contributed by atoms with E-state index in [1.807, 2.05) is 12.1 Å². The molecule has 0 atom stereocenters. The van der Waals surface area contributed by atoms with E-state index in [2.05, 4.69) is 10.3 Å². The lowest BCUT2D eigenvalue weighted by Crippen LogP contribution is -2.22. The number of nitrogens with one attached hydrogen (secondary N) is 1. The smallest absolute Gasteiger partial charge is 0.328 e. The molecule has 3 rings (SSSR count). The molecular formula is C16H16N4O2. The molecule has 0 aliphatic heterocycles. The first-order chi connectivity index (χ1) is 10.6. The summed E-state index contributed by atoms with van der Waals surface area (Å²) in [6.45, 7) is 0.415. The van der Waals surface area contributed by atoms with Crippen LogP contribution in [0, 0.1) is 0 Å². The number of hydrogen-bond donors (Lipinski definition) is 1. The van der Waals surface area contributed by atoms with Crippen LogP contribution in [0.2, 0.25) is 0 Å². The molecule has 0 radical (unpaired) electrons. The van der Waals surface area contributed by atoms with E-state index >= 15 is 0 Å². The summed E-state index contributed by atoms with van der Waals surface area (Å²) in [6.07, 6.45) is 3.40. The maximum absolute atomic E-state index is 12.2. The molecule has 1 amide bonds. The number of fused-ring (bicyclic) bond motifs is 1. The number of aryl methyl sites for hydroxylation is 2. The minimum atomic E-state index is -0.179. The van der Waals surface area contributed by atoms with Crippen LogP contribution in [0.25, 0.3) is 11.0 Å². The van der Waals surface area contributed by atoms with Gasteiger partial charge in [0, 0.05) is 38.6 Å². The molecular weight excluding hydrogens is 280 g/mol. The minimum Gasteiger partial charge on any atom is -0.348 e. The topological polar surface area (TPSA) is 68.9 Å². The summed E-state index contributed by atoms with van der Waals surface area (Å²) >= 11 is 0. The highest BCUT2D eigenvalue weighted by molar-refractivity contribution is 5.97. The van der Waals surface area contributed by atoms with Crippen LogP contribution in [0.3, 0.4) is 0 Å². The Labute approximate surface area is 127 Å². The Morgan fingerprint density at radius 3 is 2.68 bits per heavy atom. The van der Waals surface area contributed by atoms with Crippen LogP contribution in [0.1, 0.15) is 15.9 Å². The van der Waals surface area contributed by atoms with E-state index in [1.54, 1.807) is 49.3 Å². The maximum Gasteiger partial charge on any atom is 0.328 e. The summed E-state index contributed by atoms with van der Waals surface area (Å²) in [5.41, 5.74) is 2.89. The second kappa shape index (κ2) is 5.48. The summed E-state index contributed by atoms with van der Waals surface area (Å²) in [6, 6.07) is 8.97. The molecule has 0 unspecified atom stereocenters. The fourth-order valence-corrected chi connectivity index (χ4v) is 2.44. The number of carbonyl (C=O) groups is 1. The molecule has 0 saturated carbocycles. The number of hydrogen-bond acceptors (Lipinski definition) is 3. The predicted octanol–water partition coefficient (Wildman–Crippen LogP) is 1.20. The highest BCUT2D eigenvalue weighted by Crippen LogP contribution is 2.14. The number of imidazole rings is 1. The van der Waals surface area contributed by atoms with Gasteiger partial charge in [-0.1, -0.05) is 6.07 Å². The van der Waals surface area contributed by atoms with Crippen molar-refractivity contribution in [3.05, 3.63) is 64.3 Å². The molecule has 1 N–H and O–H groups in total. The number of amides is 1. The van der Waals surface area contributed by atoms with Crippen LogP contribution >= 0.6 is 0 Å². The molecule has 22 heavy (non-hydrogen) atoms. The largest absolute Gasteiger partial charge is 0.348 e. The normalized spacial score (nSPS) is 10.8. The molecule has 0 spiro atoms. The maximum atomic E-state index is 12.2. The number of rotatable bonds is 3. The average Bonchev–Trinajstić information content (AvgIpc) is 2.78. The second-order valence-electron chi connectivity index (χ2n) is 5.15. The highest BCUT2D eigenvalue weighted by Gasteiger charge is 2.11. The first-order valence-corrected chi connectivity index (χ1v) is 6.90. The Kier molecular flexibility index (Phi) is 3.50. The molecule has 2 heterocycles. The van der Waals surface area contributed by atoms with Crippen molar-refractivity contribution in [2.24, 2.45) is 14.1 Å². The highest BCUT2D eigenvalue weighted by atomic mass is 16.2. The van der Waals surface area contributed by atoms with Crippen molar-refractivity contribution in [2.75, 3.05) is 0 Å². The number of carbonyl (C=O) groups excluding carboxylic acids is 1. The lowest BCUT2D eigenvalue weighted by molar-refractivity contribution is 0.0951. The Balaban J connectivity index is 1.85. The van der Waals surface area contributed by atoms with Crippen molar-refractivity contribution in [1.82, 2.24) is 19.4 Å². The van der Waals surface area contributed by atoms with Crippen LogP contribution in [0.4, 0.5) is 0 Å². The van der Waals surface area contributed by atoms with E-state index in [9.17, 15) is 9.59 Å². The molecule has 1 aromatic carbocycles. The molecule has 0 aliphatic rings. The van der Waals surface area contributed by atoms with E-state index in [-0.39, 0.29) is 11.6 Å². The second-order valence-corrected chi connectivity index (χ2v) is 5.15. The Hall–Kier alpha value is -2.89. The first-order valence-electron chi connectivity index (χ1n) is 6.90. The molecule has 2 aromatic heterocycles. The van der Waals surface area contributed by atoms with Crippen LogP contribution in [0.15, 0.2) is 47.5 Å². The van der Waals surface area contributed by atoms with Gasteiger partial charge in [-0.2, -0.15) is 0 Å². The minimum absolute atomic E-state index is 0.108. The van der Waals surface area contributed by atoms with Crippen LogP contribution in [-0.2, 0) is 20.6 Å². The summed E-state index contributed by atoms with van der Waals surface area (Å²) in [4.78, 5) is 28.1. The number of benzene rings is 1. The number of aromatic nitrogens is 3. The quantitative estimate of drug-likeness (QED) is 0.789. The van der Waals surface area contributed by atoms with E-state index in [0.29, 0.717) is 12.1 Å². The third kappa shape index (κ3) is 2.39. The average molecular weight is 296 g/mol. The molecule has 6 heteroatoms. The Morgan fingerprint density at radius 2 is 1.95 bits per heavy atom. The van der Waals surface area contributed by atoms with Gasteiger partial charge in [-0.25, -0.2) is 4.79 Å².